The highest BCUT2D eigenvalue weighted by molar-refractivity contribution is 6.30. The van der Waals surface area contributed by atoms with E-state index >= 15 is 0 Å². The maximum Gasteiger partial charge on any atom is 0.0637 e. The molecule has 9 heavy (non-hydrogen) atoms. The lowest BCUT2D eigenvalue weighted by molar-refractivity contribution is 1.55. The Balaban J connectivity index is 3.07. The van der Waals surface area contributed by atoms with E-state index in [4.69, 9.17) is 11.6 Å². The van der Waals surface area contributed by atoms with Crippen LogP contribution in [0.3, 0.4) is 0 Å². The topological polar surface area (TPSA) is 12.4 Å². The van der Waals surface area contributed by atoms with Gasteiger partial charge in [0.2, 0.25) is 0 Å². The van der Waals surface area contributed by atoms with Gasteiger partial charge in [-0.25, -0.2) is 0 Å². The fraction of sp³-hybridized carbons (Fsp3) is 0. The molecule has 0 aliphatic carbocycles. The molecule has 0 bridgehead atoms. The first-order valence-corrected chi connectivity index (χ1v) is 2.93. The molecular formula is C7H6ClN. The van der Waals surface area contributed by atoms with Crippen molar-refractivity contribution < 1.29 is 0 Å². The molecule has 0 aromatic heterocycles. The molecule has 0 radical (unpaired) electrons. The Hall–Kier alpha value is -0.820. The van der Waals surface area contributed by atoms with E-state index in [-0.39, 0.29) is 0 Å². The van der Waals surface area contributed by atoms with Gasteiger partial charge >= 0.3 is 0 Å². The van der Waals surface area contributed by atoms with Gasteiger partial charge in [-0.1, -0.05) is 17.7 Å². The Morgan fingerprint density at radius 3 is 2.67 bits per heavy atom. The van der Waals surface area contributed by atoms with E-state index < -0.39 is 0 Å². The fourth-order valence-corrected chi connectivity index (χ4v) is 0.759. The third kappa shape index (κ3) is 1.54. The molecular weight excluding hydrogens is 134 g/mol. The molecule has 0 aliphatic rings. The first-order valence-electron chi connectivity index (χ1n) is 2.55. The number of benzene rings is 1. The van der Waals surface area contributed by atoms with Gasteiger partial charge in [-0.2, -0.15) is 0 Å². The number of aliphatic imine (C=N–C) groups is 1. The zero-order chi connectivity index (χ0) is 6.69. The number of hydrogen-bond donors (Lipinski definition) is 0. The van der Waals surface area contributed by atoms with Gasteiger partial charge in [0.1, 0.15) is 0 Å². The van der Waals surface area contributed by atoms with E-state index in [0.717, 1.165) is 5.69 Å². The van der Waals surface area contributed by atoms with Gasteiger partial charge in [0.05, 0.1) is 5.69 Å². The summed E-state index contributed by atoms with van der Waals surface area (Å²) in [6.07, 6.45) is 0. The molecule has 0 atom stereocenters. The second-order valence-corrected chi connectivity index (χ2v) is 2.07. The Kier molecular flexibility index (Phi) is 1.85. The summed E-state index contributed by atoms with van der Waals surface area (Å²) in [4.78, 5) is 3.70. The van der Waals surface area contributed by atoms with Crippen LogP contribution in [0.15, 0.2) is 29.3 Å². The largest absolute Gasteiger partial charge is 0.265 e. The van der Waals surface area contributed by atoms with Crippen LogP contribution in [0.5, 0.6) is 0 Å². The highest BCUT2D eigenvalue weighted by Gasteiger charge is 1.86. The molecule has 0 spiro atoms. The highest BCUT2D eigenvalue weighted by atomic mass is 35.5. The molecule has 0 saturated carbocycles. The monoisotopic (exact) mass is 139 g/mol. The van der Waals surface area contributed by atoms with Crippen molar-refractivity contribution in [3.63, 3.8) is 0 Å². The third-order valence-electron chi connectivity index (χ3n) is 0.991. The molecule has 0 heterocycles. The molecule has 0 amide bonds. The van der Waals surface area contributed by atoms with Gasteiger partial charge in [-0.3, -0.25) is 4.99 Å². The van der Waals surface area contributed by atoms with Gasteiger partial charge < -0.3 is 0 Å². The summed E-state index contributed by atoms with van der Waals surface area (Å²) < 4.78 is 0. The first-order chi connectivity index (χ1) is 4.33. The van der Waals surface area contributed by atoms with E-state index in [9.17, 15) is 0 Å². The fourth-order valence-electron chi connectivity index (χ4n) is 0.574. The maximum absolute atomic E-state index is 5.64. The average molecular weight is 140 g/mol. The Morgan fingerprint density at radius 1 is 1.44 bits per heavy atom. The Morgan fingerprint density at radius 2 is 2.22 bits per heavy atom. The van der Waals surface area contributed by atoms with Crippen LogP contribution in [0.1, 0.15) is 0 Å². The van der Waals surface area contributed by atoms with Crippen LogP contribution in [0.4, 0.5) is 5.69 Å². The number of halogens is 1. The van der Waals surface area contributed by atoms with E-state index in [1.54, 1.807) is 12.1 Å². The van der Waals surface area contributed by atoms with Crippen molar-refractivity contribution in [1.29, 1.82) is 0 Å². The molecule has 1 rings (SSSR count). The minimum Gasteiger partial charge on any atom is -0.265 e. The number of hydrogen-bond acceptors (Lipinski definition) is 1. The molecule has 46 valence electrons. The lowest BCUT2D eigenvalue weighted by Gasteiger charge is -1.89. The number of rotatable bonds is 1. The zero-order valence-electron chi connectivity index (χ0n) is 4.84. The lowest BCUT2D eigenvalue weighted by atomic mass is 10.3. The normalized spacial score (nSPS) is 9.00. The van der Waals surface area contributed by atoms with Crippen molar-refractivity contribution in [1.82, 2.24) is 0 Å². The molecule has 1 aromatic carbocycles. The van der Waals surface area contributed by atoms with Gasteiger partial charge in [0.15, 0.2) is 0 Å². The molecule has 1 nitrogen and oxygen atoms in total. The molecule has 0 N–H and O–H groups in total. The van der Waals surface area contributed by atoms with E-state index in [1.165, 1.54) is 0 Å². The van der Waals surface area contributed by atoms with E-state index in [1.807, 2.05) is 12.1 Å². The zero-order valence-corrected chi connectivity index (χ0v) is 5.60. The summed E-state index contributed by atoms with van der Waals surface area (Å²) in [6.45, 7) is 3.36. The smallest absolute Gasteiger partial charge is 0.0637 e. The van der Waals surface area contributed by atoms with Gasteiger partial charge in [-0.05, 0) is 24.9 Å². The molecule has 0 unspecified atom stereocenters. The van der Waals surface area contributed by atoms with E-state index in [0.29, 0.717) is 5.02 Å². The van der Waals surface area contributed by atoms with Crippen LogP contribution in [0, 0.1) is 0 Å². The molecule has 1 aromatic rings. The highest BCUT2D eigenvalue weighted by Crippen LogP contribution is 2.16. The van der Waals surface area contributed by atoms with Crippen LogP contribution in [0.25, 0.3) is 0 Å². The summed E-state index contributed by atoms with van der Waals surface area (Å²) in [5.41, 5.74) is 0.808. The van der Waals surface area contributed by atoms with Crippen molar-refractivity contribution in [2.75, 3.05) is 0 Å². The van der Waals surface area contributed by atoms with Crippen LogP contribution in [0.2, 0.25) is 5.02 Å². The predicted octanol–water partition coefficient (Wildman–Crippen LogP) is 2.67. The molecule has 2 heteroatoms. The second-order valence-electron chi connectivity index (χ2n) is 1.64. The molecule has 0 saturated heterocycles. The summed E-state index contributed by atoms with van der Waals surface area (Å²) in [5.74, 6) is 0. The van der Waals surface area contributed by atoms with Crippen molar-refractivity contribution >= 4 is 24.0 Å². The summed E-state index contributed by atoms with van der Waals surface area (Å²) in [5, 5.41) is 0.694. The minimum absolute atomic E-state index is 0.694. The SMILES string of the molecule is C=Nc1cccc(Cl)c1. The van der Waals surface area contributed by atoms with Crippen molar-refractivity contribution in [2.24, 2.45) is 4.99 Å². The second kappa shape index (κ2) is 2.65. The number of nitrogens with zero attached hydrogens (tertiary/aromatic N) is 1. The van der Waals surface area contributed by atoms with Crippen molar-refractivity contribution in [3.05, 3.63) is 29.3 Å². The Bertz CT molecular complexity index is 220. The lowest BCUT2D eigenvalue weighted by Crippen LogP contribution is -1.62. The third-order valence-corrected chi connectivity index (χ3v) is 1.23. The maximum atomic E-state index is 5.64. The molecule has 0 fully saturated rings. The first kappa shape index (κ1) is 6.30. The van der Waals surface area contributed by atoms with Crippen LogP contribution >= 0.6 is 11.6 Å². The van der Waals surface area contributed by atoms with Crippen LogP contribution in [-0.4, -0.2) is 6.72 Å². The van der Waals surface area contributed by atoms with Crippen molar-refractivity contribution in [2.45, 2.75) is 0 Å². The van der Waals surface area contributed by atoms with Crippen LogP contribution < -0.4 is 0 Å². The summed E-state index contributed by atoms with van der Waals surface area (Å²) >= 11 is 5.64. The molecule has 0 aliphatic heterocycles. The van der Waals surface area contributed by atoms with Crippen molar-refractivity contribution in [3.8, 4) is 0 Å². The average Bonchev–Trinajstić information content (AvgIpc) is 1.88. The Labute approximate surface area is 59.0 Å². The van der Waals surface area contributed by atoms with E-state index in [2.05, 4.69) is 11.7 Å². The van der Waals surface area contributed by atoms with Gasteiger partial charge in [0, 0.05) is 5.02 Å². The quantitative estimate of drug-likeness (QED) is 0.531. The summed E-state index contributed by atoms with van der Waals surface area (Å²) in [7, 11) is 0. The van der Waals surface area contributed by atoms with Crippen LogP contribution in [-0.2, 0) is 0 Å². The predicted molar refractivity (Wildman–Crippen MR) is 40.7 cm³/mol. The minimum atomic E-state index is 0.694. The standard InChI is InChI=1S/C7H6ClN/c1-9-7-4-2-3-6(8)5-7/h2-5H,1H2. The van der Waals surface area contributed by atoms with Gasteiger partial charge in [-0.15, -0.1) is 0 Å². The summed E-state index contributed by atoms with van der Waals surface area (Å²) in [6, 6.07) is 7.25. The van der Waals surface area contributed by atoms with Gasteiger partial charge in [0.25, 0.3) is 0 Å².